The SMILES string of the molecule is CC(C)(C)OOCCN1CCN(CC(=O)OCc2ccccc2)CCN(CC(=O)OC(C)(C)C)CCN(CC(=O)OC(C)(C)C)CC1. The molecule has 0 spiro atoms. The summed E-state index contributed by atoms with van der Waals surface area (Å²) in [6.45, 7) is 23.0. The van der Waals surface area contributed by atoms with Gasteiger partial charge in [-0.05, 0) is 67.9 Å². The topological polar surface area (TPSA) is 110 Å². The number of carbonyl (C=O) groups is 3. The number of rotatable bonds is 12. The second-order valence-electron chi connectivity index (χ2n) is 15.0. The van der Waals surface area contributed by atoms with Gasteiger partial charge < -0.3 is 14.2 Å². The van der Waals surface area contributed by atoms with Crippen molar-refractivity contribution in [1.82, 2.24) is 19.6 Å². The van der Waals surface area contributed by atoms with Crippen molar-refractivity contribution in [2.75, 3.05) is 85.1 Å². The molecule has 1 aromatic rings. The van der Waals surface area contributed by atoms with Gasteiger partial charge in [0.1, 0.15) is 17.8 Å². The molecule has 47 heavy (non-hydrogen) atoms. The average Bonchev–Trinajstić information content (AvgIpc) is 2.93. The molecule has 0 bridgehead atoms. The fourth-order valence-corrected chi connectivity index (χ4v) is 4.74. The van der Waals surface area contributed by atoms with Crippen molar-refractivity contribution in [2.45, 2.75) is 85.7 Å². The summed E-state index contributed by atoms with van der Waals surface area (Å²) >= 11 is 0. The number of benzene rings is 1. The first-order valence-electron chi connectivity index (χ1n) is 16.7. The first-order valence-corrected chi connectivity index (χ1v) is 16.7. The van der Waals surface area contributed by atoms with E-state index >= 15 is 0 Å². The molecule has 1 saturated heterocycles. The van der Waals surface area contributed by atoms with Gasteiger partial charge in [0.15, 0.2) is 0 Å². The maximum absolute atomic E-state index is 13.0. The van der Waals surface area contributed by atoms with Crippen molar-refractivity contribution < 1.29 is 38.4 Å². The number of nitrogens with zero attached hydrogens (tertiary/aromatic N) is 4. The van der Waals surface area contributed by atoms with Gasteiger partial charge in [-0.25, -0.2) is 9.78 Å². The van der Waals surface area contributed by atoms with Gasteiger partial charge in [-0.1, -0.05) is 30.3 Å². The van der Waals surface area contributed by atoms with E-state index in [4.69, 9.17) is 24.0 Å². The molecule has 1 aliphatic heterocycles. The van der Waals surface area contributed by atoms with E-state index in [1.807, 2.05) is 97.5 Å². The monoisotopic (exact) mass is 664 g/mol. The van der Waals surface area contributed by atoms with Crippen LogP contribution >= 0.6 is 0 Å². The van der Waals surface area contributed by atoms with E-state index in [1.165, 1.54) is 0 Å². The van der Waals surface area contributed by atoms with Gasteiger partial charge in [-0.3, -0.25) is 34.0 Å². The first-order chi connectivity index (χ1) is 21.9. The van der Waals surface area contributed by atoms with E-state index in [0.29, 0.717) is 65.5 Å². The molecule has 1 aromatic carbocycles. The lowest BCUT2D eigenvalue weighted by Gasteiger charge is -2.34. The highest BCUT2D eigenvalue weighted by Gasteiger charge is 2.25. The molecule has 0 N–H and O–H groups in total. The third kappa shape index (κ3) is 20.4. The highest BCUT2D eigenvalue weighted by molar-refractivity contribution is 5.73. The van der Waals surface area contributed by atoms with Crippen LogP contribution in [0.15, 0.2) is 30.3 Å². The van der Waals surface area contributed by atoms with E-state index < -0.39 is 16.8 Å². The minimum atomic E-state index is -0.605. The standard InChI is InChI=1S/C35H60N4O8/c1-33(2,3)45-31(41)26-38-18-16-36(23-24-44-47-35(7,8)9)15-17-37(25-30(40)43-28-29-13-11-10-12-14-29)19-20-39(22-21-38)27-32(42)46-34(4,5)6/h10-14H,15-28H2,1-9H3. The molecule has 1 fully saturated rings. The van der Waals surface area contributed by atoms with Crippen LogP contribution in [0.25, 0.3) is 0 Å². The summed E-state index contributed by atoms with van der Waals surface area (Å²) in [4.78, 5) is 58.0. The Morgan fingerprint density at radius 2 is 0.979 bits per heavy atom. The summed E-state index contributed by atoms with van der Waals surface area (Å²) in [6.07, 6.45) is 0. The summed E-state index contributed by atoms with van der Waals surface area (Å²) in [5, 5.41) is 0. The third-order valence-corrected chi connectivity index (χ3v) is 6.87. The number of hydrogen-bond acceptors (Lipinski definition) is 12. The van der Waals surface area contributed by atoms with Crippen molar-refractivity contribution >= 4 is 17.9 Å². The van der Waals surface area contributed by atoms with Gasteiger partial charge >= 0.3 is 17.9 Å². The molecule has 2 rings (SSSR count). The van der Waals surface area contributed by atoms with Crippen LogP contribution in [0.5, 0.6) is 0 Å². The molecular weight excluding hydrogens is 604 g/mol. The summed E-state index contributed by atoms with van der Waals surface area (Å²) in [6, 6.07) is 9.60. The molecule has 0 aromatic heterocycles. The van der Waals surface area contributed by atoms with Crippen LogP contribution < -0.4 is 0 Å². The fraction of sp³-hybridized carbons (Fsp3) is 0.743. The quantitative estimate of drug-likeness (QED) is 0.107. The summed E-state index contributed by atoms with van der Waals surface area (Å²) in [5.41, 5.74) is -0.688. The molecule has 0 atom stereocenters. The summed E-state index contributed by atoms with van der Waals surface area (Å²) in [5.74, 6) is -0.922. The lowest BCUT2D eigenvalue weighted by Crippen LogP contribution is -2.49. The molecule has 0 amide bonds. The smallest absolute Gasteiger partial charge is 0.320 e. The Kier molecular flexibility index (Phi) is 16.7. The van der Waals surface area contributed by atoms with Crippen LogP contribution in [0.1, 0.15) is 67.9 Å². The van der Waals surface area contributed by atoms with Crippen LogP contribution in [0.2, 0.25) is 0 Å². The Bertz CT molecular complexity index is 1080. The van der Waals surface area contributed by atoms with Crippen LogP contribution in [-0.2, 0) is 45.0 Å². The van der Waals surface area contributed by atoms with Crippen molar-refractivity contribution in [3.05, 3.63) is 35.9 Å². The largest absolute Gasteiger partial charge is 0.460 e. The second kappa shape index (κ2) is 19.4. The molecule has 1 heterocycles. The van der Waals surface area contributed by atoms with Gasteiger partial charge in [0.25, 0.3) is 0 Å². The number of hydrogen-bond donors (Lipinski definition) is 0. The van der Waals surface area contributed by atoms with Gasteiger partial charge in [0.2, 0.25) is 0 Å². The van der Waals surface area contributed by atoms with Crippen molar-refractivity contribution in [3.63, 3.8) is 0 Å². The summed E-state index contributed by atoms with van der Waals surface area (Å²) in [7, 11) is 0. The maximum Gasteiger partial charge on any atom is 0.320 e. The van der Waals surface area contributed by atoms with Crippen molar-refractivity contribution in [3.8, 4) is 0 Å². The normalized spacial score (nSPS) is 17.4. The Labute approximate surface area is 282 Å². The molecule has 1 aliphatic rings. The second-order valence-corrected chi connectivity index (χ2v) is 15.0. The third-order valence-electron chi connectivity index (χ3n) is 6.87. The van der Waals surface area contributed by atoms with E-state index in [-0.39, 0.29) is 44.1 Å². The predicted octanol–water partition coefficient (Wildman–Crippen LogP) is 3.38. The molecule has 0 radical (unpaired) electrons. The van der Waals surface area contributed by atoms with Gasteiger partial charge in [-0.15, -0.1) is 0 Å². The lowest BCUT2D eigenvalue weighted by molar-refractivity contribution is -0.349. The molecule has 268 valence electrons. The maximum atomic E-state index is 13.0. The Hall–Kier alpha value is -2.61. The predicted molar refractivity (Wildman–Crippen MR) is 180 cm³/mol. The van der Waals surface area contributed by atoms with E-state index in [1.54, 1.807) is 0 Å². The molecule has 12 heteroatoms. The molecule has 0 saturated carbocycles. The van der Waals surface area contributed by atoms with E-state index in [2.05, 4.69) is 14.7 Å². The number of ether oxygens (including phenoxy) is 3. The number of esters is 3. The Balaban J connectivity index is 2.20. The average molecular weight is 665 g/mol. The minimum absolute atomic E-state index is 0.0983. The van der Waals surface area contributed by atoms with Crippen LogP contribution in [-0.4, -0.2) is 139 Å². The highest BCUT2D eigenvalue weighted by Crippen LogP contribution is 2.11. The van der Waals surface area contributed by atoms with Crippen molar-refractivity contribution in [2.24, 2.45) is 0 Å². The van der Waals surface area contributed by atoms with Crippen LogP contribution in [0.3, 0.4) is 0 Å². The van der Waals surface area contributed by atoms with Gasteiger partial charge in [-0.2, -0.15) is 0 Å². The fourth-order valence-electron chi connectivity index (χ4n) is 4.74. The summed E-state index contributed by atoms with van der Waals surface area (Å²) < 4.78 is 16.9. The van der Waals surface area contributed by atoms with Gasteiger partial charge in [0.05, 0.1) is 31.8 Å². The molecule has 12 nitrogen and oxygen atoms in total. The minimum Gasteiger partial charge on any atom is -0.460 e. The van der Waals surface area contributed by atoms with Crippen LogP contribution in [0, 0.1) is 0 Å². The zero-order valence-electron chi connectivity index (χ0n) is 30.3. The molecule has 0 aliphatic carbocycles. The van der Waals surface area contributed by atoms with Gasteiger partial charge in [0, 0.05) is 58.9 Å². The highest BCUT2D eigenvalue weighted by atomic mass is 17.2. The molecular formula is C35H60N4O8. The van der Waals surface area contributed by atoms with Crippen LogP contribution in [0.4, 0.5) is 0 Å². The van der Waals surface area contributed by atoms with E-state index in [9.17, 15) is 14.4 Å². The number of carbonyl (C=O) groups excluding carboxylic acids is 3. The Morgan fingerprint density at radius 1 is 0.574 bits per heavy atom. The zero-order chi connectivity index (χ0) is 35.1. The van der Waals surface area contributed by atoms with E-state index in [0.717, 1.165) is 5.56 Å². The Morgan fingerprint density at radius 3 is 1.38 bits per heavy atom. The zero-order valence-corrected chi connectivity index (χ0v) is 30.3. The van der Waals surface area contributed by atoms with Crippen molar-refractivity contribution in [1.29, 1.82) is 0 Å². The lowest BCUT2D eigenvalue weighted by atomic mass is 10.2. The molecule has 0 unspecified atom stereocenters. The first kappa shape index (κ1) is 40.6.